The fourth-order valence-corrected chi connectivity index (χ4v) is 11.2. The van der Waals surface area contributed by atoms with E-state index in [1.807, 2.05) is 30.5 Å². The van der Waals surface area contributed by atoms with Gasteiger partial charge in [0.25, 0.3) is 11.6 Å². The average molecular weight is 826 g/mol. The number of aromatic nitrogens is 2. The number of carbonyl (C=O) groups is 1. The van der Waals surface area contributed by atoms with Crippen molar-refractivity contribution < 1.29 is 19.2 Å². The van der Waals surface area contributed by atoms with Crippen LogP contribution < -0.4 is 19.7 Å². The van der Waals surface area contributed by atoms with Crippen LogP contribution in [-0.2, 0) is 4.74 Å². The summed E-state index contributed by atoms with van der Waals surface area (Å²) < 4.78 is 14.8. The van der Waals surface area contributed by atoms with Gasteiger partial charge >= 0.3 is 0 Å². The van der Waals surface area contributed by atoms with Crippen LogP contribution in [-0.4, -0.2) is 83.1 Å². The van der Waals surface area contributed by atoms with E-state index >= 15 is 0 Å². The maximum atomic E-state index is 13.8. The molecule has 58 heavy (non-hydrogen) atoms. The van der Waals surface area contributed by atoms with Crippen LogP contribution in [0.4, 0.5) is 17.1 Å². The summed E-state index contributed by atoms with van der Waals surface area (Å²) in [5.74, 6) is 0.949. The van der Waals surface area contributed by atoms with Crippen molar-refractivity contribution in [2.45, 2.75) is 75.0 Å². The molecule has 0 atom stereocenters. The van der Waals surface area contributed by atoms with Crippen LogP contribution in [0.2, 0.25) is 0 Å². The van der Waals surface area contributed by atoms with Crippen molar-refractivity contribution in [2.24, 2.45) is 16.7 Å². The van der Waals surface area contributed by atoms with E-state index in [-0.39, 0.29) is 16.5 Å². The molecule has 4 aromatic rings. The number of allylic oxidation sites excluding steroid dienone is 1. The molecule has 3 N–H and O–H groups in total. The summed E-state index contributed by atoms with van der Waals surface area (Å²) in [6.45, 7) is 11.6. The van der Waals surface area contributed by atoms with Gasteiger partial charge in [-0.15, -0.1) is 11.6 Å². The van der Waals surface area contributed by atoms with E-state index in [9.17, 15) is 14.9 Å². The molecule has 4 aliphatic carbocycles. The minimum Gasteiger partial charge on any atom is -0.455 e. The molecule has 2 aromatic heterocycles. The van der Waals surface area contributed by atoms with Crippen molar-refractivity contribution in [2.75, 3.05) is 62.7 Å². The Labute approximate surface area is 348 Å². The van der Waals surface area contributed by atoms with Crippen LogP contribution in [0.5, 0.6) is 11.5 Å². The standard InChI is InChI=1S/C44H52ClN7O5S/c1-42(2)11-7-31(36(22-42)43-26-44(45,27-43)28-43)25-50-13-15-51(16-14-50)32-3-5-35(39(20-32)57-33-19-30-8-12-46-40(30)48-24-33)41(53)49-58-34-4-6-37(38(21-34)52(54)55)47-23-29-9-17-56-18-10-29/h3-6,8,12,19-21,24,29,47H,7,9-11,13-18,22-23,25-28H2,1-2H3,(H,46,48)(H,49,53). The van der Waals surface area contributed by atoms with Crippen LogP contribution >= 0.6 is 23.5 Å². The highest BCUT2D eigenvalue weighted by atomic mass is 35.5. The lowest BCUT2D eigenvalue weighted by atomic mass is 9.39. The van der Waals surface area contributed by atoms with Crippen LogP contribution in [0, 0.1) is 26.9 Å². The second kappa shape index (κ2) is 15.7. The number of H-pyrrole nitrogens is 1. The number of pyridine rings is 1. The van der Waals surface area contributed by atoms with Gasteiger partial charge in [-0.25, -0.2) is 4.98 Å². The second-order valence-corrected chi connectivity index (χ2v) is 19.6. The number of nitro benzene ring substituents is 1. The summed E-state index contributed by atoms with van der Waals surface area (Å²) in [7, 11) is 0. The predicted molar refractivity (Wildman–Crippen MR) is 229 cm³/mol. The summed E-state index contributed by atoms with van der Waals surface area (Å²) in [5, 5.41) is 16.2. The maximum absolute atomic E-state index is 13.8. The molecule has 2 aromatic carbocycles. The van der Waals surface area contributed by atoms with Crippen LogP contribution in [0.3, 0.4) is 0 Å². The van der Waals surface area contributed by atoms with Crippen LogP contribution in [0.15, 0.2) is 77.0 Å². The number of fused-ring (bicyclic) bond motifs is 1. The first-order chi connectivity index (χ1) is 27.9. The Morgan fingerprint density at radius 1 is 1.09 bits per heavy atom. The van der Waals surface area contributed by atoms with Crippen molar-refractivity contribution >= 4 is 57.6 Å². The predicted octanol–water partition coefficient (Wildman–Crippen LogP) is 9.33. The van der Waals surface area contributed by atoms with Gasteiger partial charge in [0.2, 0.25) is 0 Å². The minimum atomic E-state index is -0.393. The third-order valence-corrected chi connectivity index (χ3v) is 14.3. The van der Waals surface area contributed by atoms with Gasteiger partial charge in [-0.3, -0.25) is 24.5 Å². The number of hydrogen-bond donors (Lipinski definition) is 3. The van der Waals surface area contributed by atoms with E-state index in [1.165, 1.54) is 25.3 Å². The molecule has 12 nitrogen and oxygen atoms in total. The van der Waals surface area contributed by atoms with Crippen molar-refractivity contribution in [1.29, 1.82) is 0 Å². The number of nitrogens with one attached hydrogen (secondary N) is 3. The molecule has 2 aliphatic heterocycles. The van der Waals surface area contributed by atoms with Gasteiger partial charge in [0, 0.05) is 91.7 Å². The number of halogens is 1. The van der Waals surface area contributed by atoms with Gasteiger partial charge in [0.1, 0.15) is 22.8 Å². The van der Waals surface area contributed by atoms with Crippen molar-refractivity contribution in [1.82, 2.24) is 19.6 Å². The summed E-state index contributed by atoms with van der Waals surface area (Å²) in [4.78, 5) is 38.7. The van der Waals surface area contributed by atoms with Gasteiger partial charge in [-0.1, -0.05) is 25.0 Å². The number of nitro groups is 1. The SMILES string of the molecule is CC1(C)CCC(CN2CCN(c3ccc(C(=O)NSc4ccc(NCC5CCOCC5)c([N+](=O)[O-])c4)c(Oc4cnc5[nH]ccc5c4)c3)CC2)=C(C23CC(Cl)(C2)C3)C1. The highest BCUT2D eigenvalue weighted by Crippen LogP contribution is 2.75. The molecule has 1 amide bonds. The molecule has 2 saturated heterocycles. The normalized spacial score (nSPS) is 24.6. The second-order valence-electron chi connectivity index (χ2n) is 17.9. The molecule has 3 saturated carbocycles. The Morgan fingerprint density at radius 3 is 2.64 bits per heavy atom. The van der Waals surface area contributed by atoms with Gasteiger partial charge in [-0.2, -0.15) is 0 Å². The number of nitrogens with zero attached hydrogens (tertiary/aromatic N) is 4. The Bertz CT molecular complexity index is 2230. The quantitative estimate of drug-likeness (QED) is 0.0393. The zero-order valence-electron chi connectivity index (χ0n) is 33.3. The van der Waals surface area contributed by atoms with Gasteiger partial charge < -0.3 is 24.7 Å². The first kappa shape index (κ1) is 39.2. The fraction of sp³-hybridized carbons (Fsp3) is 0.500. The molecular weight excluding hydrogens is 774 g/mol. The molecule has 4 heterocycles. The fourth-order valence-electron chi connectivity index (χ4n) is 9.81. The van der Waals surface area contributed by atoms with E-state index in [4.69, 9.17) is 21.1 Å². The Balaban J connectivity index is 0.889. The molecule has 0 unspecified atom stereocenters. The minimum absolute atomic E-state index is 0.0360. The number of anilines is 2. The average Bonchev–Trinajstić information content (AvgIpc) is 3.67. The first-order valence-electron chi connectivity index (χ1n) is 20.6. The molecule has 5 fully saturated rings. The van der Waals surface area contributed by atoms with E-state index in [0.717, 1.165) is 93.5 Å². The number of aromatic amines is 1. The lowest BCUT2D eigenvalue weighted by molar-refractivity contribution is -0.384. The smallest absolute Gasteiger partial charge is 0.293 e. The van der Waals surface area contributed by atoms with E-state index in [0.29, 0.717) is 64.2 Å². The Kier molecular flexibility index (Phi) is 10.6. The molecule has 10 rings (SSSR count). The third-order valence-electron chi connectivity index (χ3n) is 13.1. The van der Waals surface area contributed by atoms with Crippen molar-refractivity contribution in [3.05, 3.63) is 87.7 Å². The lowest BCUT2D eigenvalue weighted by Gasteiger charge is -2.70. The summed E-state index contributed by atoms with van der Waals surface area (Å²) in [5.41, 5.74) is 6.61. The summed E-state index contributed by atoms with van der Waals surface area (Å²) in [6, 6.07) is 14.5. The van der Waals surface area contributed by atoms with E-state index in [2.05, 4.69) is 43.7 Å². The number of ether oxygens (including phenoxy) is 2. The number of benzene rings is 2. The topological polar surface area (TPSA) is 138 Å². The van der Waals surface area contributed by atoms with Crippen molar-refractivity contribution in [3.63, 3.8) is 0 Å². The summed E-state index contributed by atoms with van der Waals surface area (Å²) in [6.07, 6.45) is 12.4. The molecule has 0 spiro atoms. The molecule has 6 aliphatic rings. The van der Waals surface area contributed by atoms with Gasteiger partial charge in [0.15, 0.2) is 0 Å². The van der Waals surface area contributed by atoms with E-state index in [1.54, 1.807) is 35.5 Å². The van der Waals surface area contributed by atoms with Gasteiger partial charge in [-0.05, 0) is 116 Å². The molecule has 14 heteroatoms. The van der Waals surface area contributed by atoms with Crippen LogP contribution in [0.25, 0.3) is 11.0 Å². The summed E-state index contributed by atoms with van der Waals surface area (Å²) >= 11 is 7.79. The number of amides is 1. The highest BCUT2D eigenvalue weighted by molar-refractivity contribution is 7.98. The Morgan fingerprint density at radius 2 is 1.88 bits per heavy atom. The monoisotopic (exact) mass is 825 g/mol. The zero-order valence-corrected chi connectivity index (χ0v) is 34.9. The lowest BCUT2D eigenvalue weighted by Crippen LogP contribution is -2.65. The highest BCUT2D eigenvalue weighted by Gasteiger charge is 2.69. The maximum Gasteiger partial charge on any atom is 0.293 e. The largest absolute Gasteiger partial charge is 0.455 e. The number of alkyl halides is 1. The zero-order chi connectivity index (χ0) is 40.1. The number of rotatable bonds is 13. The molecule has 306 valence electrons. The Hall–Kier alpha value is -4.30. The van der Waals surface area contributed by atoms with Crippen molar-refractivity contribution in [3.8, 4) is 11.5 Å². The van der Waals surface area contributed by atoms with E-state index < -0.39 is 4.92 Å². The third kappa shape index (κ3) is 8.15. The molecule has 2 bridgehead atoms. The number of carbonyl (C=O) groups excluding carboxylic acids is 1. The van der Waals surface area contributed by atoms with Gasteiger partial charge in [0.05, 0.1) is 16.7 Å². The molecular formula is C44H52ClN7O5S. The number of piperazine rings is 1. The molecule has 0 radical (unpaired) electrons. The van der Waals surface area contributed by atoms with Crippen LogP contribution in [0.1, 0.15) is 75.6 Å². The number of hydrogen-bond acceptors (Lipinski definition) is 10. The first-order valence-corrected chi connectivity index (χ1v) is 21.8.